The average Bonchev–Trinajstić information content (AvgIpc) is 2.27. The van der Waals surface area contributed by atoms with Gasteiger partial charge in [0.15, 0.2) is 0 Å². The lowest BCUT2D eigenvalue weighted by Gasteiger charge is -2.31. The molecule has 0 rings (SSSR count). The van der Waals surface area contributed by atoms with Crippen LogP contribution in [0.3, 0.4) is 0 Å². The molecule has 0 amide bonds. The molecular weight excluding hydrogens is 432 g/mol. The van der Waals surface area contributed by atoms with Crippen LogP contribution >= 0.6 is 0 Å². The lowest BCUT2D eigenvalue weighted by Crippen LogP contribution is -2.41. The van der Waals surface area contributed by atoms with E-state index in [4.69, 9.17) is 0 Å². The second-order valence-corrected chi connectivity index (χ2v) is 7.97. The minimum Gasteiger partial charge on any atom is -0.207 e. The van der Waals surface area contributed by atoms with E-state index in [2.05, 4.69) is 0 Å². The summed E-state index contributed by atoms with van der Waals surface area (Å²) in [6, 6.07) is 0. The van der Waals surface area contributed by atoms with Gasteiger partial charge in [-0.05, 0) is 5.92 Å². The van der Waals surface area contributed by atoms with Crippen molar-refractivity contribution in [3.63, 3.8) is 0 Å². The van der Waals surface area contributed by atoms with Crippen molar-refractivity contribution in [3.8, 4) is 0 Å². The summed E-state index contributed by atoms with van der Waals surface area (Å²) < 4.78 is 161. The van der Waals surface area contributed by atoms with Crippen molar-refractivity contribution in [3.05, 3.63) is 0 Å². The molecule has 0 aromatic carbocycles. The van der Waals surface area contributed by atoms with E-state index in [1.54, 1.807) is 0 Å². The third-order valence-corrected chi connectivity index (χ3v) is 3.81. The summed E-state index contributed by atoms with van der Waals surface area (Å²) in [5, 5.41) is 0. The van der Waals surface area contributed by atoms with E-state index in [1.165, 1.54) is 13.8 Å². The molecule has 0 saturated carbocycles. The van der Waals surface area contributed by atoms with Crippen molar-refractivity contribution < 1.29 is 52.7 Å². The number of hydrogen-bond donors (Lipinski definition) is 0. The Kier molecular flexibility index (Phi) is 8.85. The fourth-order valence-electron chi connectivity index (χ4n) is 2.94. The van der Waals surface area contributed by atoms with E-state index in [0.29, 0.717) is 0 Å². The Morgan fingerprint density at radius 3 is 0.931 bits per heavy atom. The summed E-state index contributed by atoms with van der Waals surface area (Å²) in [7, 11) is 0. The van der Waals surface area contributed by atoms with Gasteiger partial charge >= 0.3 is 0 Å². The zero-order valence-corrected chi connectivity index (χ0v) is 16.1. The number of rotatable bonds is 13. The highest BCUT2D eigenvalue weighted by Gasteiger charge is 2.56. The molecular formula is C17H24F12. The van der Waals surface area contributed by atoms with Crippen molar-refractivity contribution >= 4 is 0 Å². The van der Waals surface area contributed by atoms with Crippen LogP contribution < -0.4 is 0 Å². The van der Waals surface area contributed by atoms with Crippen LogP contribution in [0.5, 0.6) is 0 Å². The monoisotopic (exact) mass is 456 g/mol. The molecule has 176 valence electrons. The van der Waals surface area contributed by atoms with Crippen LogP contribution in [-0.2, 0) is 0 Å². The van der Waals surface area contributed by atoms with Crippen molar-refractivity contribution in [1.29, 1.82) is 0 Å². The highest BCUT2D eigenvalue weighted by molar-refractivity contribution is 4.89. The Morgan fingerprint density at radius 2 is 0.690 bits per heavy atom. The first-order valence-electron chi connectivity index (χ1n) is 8.78. The van der Waals surface area contributed by atoms with E-state index < -0.39 is 86.4 Å². The number of hydrogen-bond acceptors (Lipinski definition) is 0. The molecule has 0 bridgehead atoms. The van der Waals surface area contributed by atoms with Gasteiger partial charge in [-0.25, -0.2) is 52.7 Å². The smallest absolute Gasteiger partial charge is 0.207 e. The molecule has 0 spiro atoms. The summed E-state index contributed by atoms with van der Waals surface area (Å²) >= 11 is 0. The highest BCUT2D eigenvalue weighted by Crippen LogP contribution is 2.47. The lowest BCUT2D eigenvalue weighted by molar-refractivity contribution is -0.201. The molecule has 0 nitrogen and oxygen atoms in total. The van der Waals surface area contributed by atoms with Crippen molar-refractivity contribution in [2.75, 3.05) is 0 Å². The van der Waals surface area contributed by atoms with Gasteiger partial charge in [-0.2, -0.15) is 0 Å². The highest BCUT2D eigenvalue weighted by atomic mass is 19.3. The number of alkyl halides is 12. The maximum absolute atomic E-state index is 13.6. The normalized spacial score (nSPS) is 15.3. The Labute approximate surface area is 161 Å². The van der Waals surface area contributed by atoms with Crippen LogP contribution in [0.2, 0.25) is 0 Å². The maximum atomic E-state index is 13.6. The zero-order valence-electron chi connectivity index (χ0n) is 16.1. The fraction of sp³-hybridized carbons (Fsp3) is 1.00. The molecule has 12 heteroatoms. The maximum Gasteiger partial charge on any atom is 0.259 e. The molecule has 0 heterocycles. The Balaban J connectivity index is 5.13. The summed E-state index contributed by atoms with van der Waals surface area (Å²) in [6.45, 7) is 3.34. The topological polar surface area (TPSA) is 0 Å². The predicted octanol–water partition coefficient (Wildman–Crippen LogP) is 8.20. The predicted molar refractivity (Wildman–Crippen MR) is 82.5 cm³/mol. The number of halogens is 12. The van der Waals surface area contributed by atoms with Crippen LogP contribution in [0, 0.1) is 5.92 Å². The molecule has 0 aliphatic carbocycles. The Morgan fingerprint density at radius 1 is 0.448 bits per heavy atom. The standard InChI is InChI=1S/C17H24F12/c1-4-12(18,19)6-14(22,23)8-16(26,27)10-17(28,29)9-15(24,25)7-13(20,21)5-11(2)3/h11H,4-10H2,1-3H3. The second kappa shape index (κ2) is 9.11. The molecule has 0 aliphatic rings. The van der Waals surface area contributed by atoms with Crippen LogP contribution in [-0.4, -0.2) is 35.5 Å². The Hall–Kier alpha value is -0.840. The van der Waals surface area contributed by atoms with E-state index in [9.17, 15) is 52.7 Å². The minimum atomic E-state index is -4.98. The van der Waals surface area contributed by atoms with Gasteiger partial charge in [-0.15, -0.1) is 0 Å². The molecule has 0 aromatic rings. The molecule has 0 aromatic heterocycles. The van der Waals surface area contributed by atoms with E-state index in [-0.39, 0.29) is 0 Å². The fourth-order valence-corrected chi connectivity index (χ4v) is 2.94. The summed E-state index contributed by atoms with van der Waals surface area (Å²) in [5.41, 5.74) is 0. The zero-order chi connectivity index (χ0) is 23.5. The molecule has 0 atom stereocenters. The van der Waals surface area contributed by atoms with Gasteiger partial charge in [0.1, 0.15) is 0 Å². The summed E-state index contributed by atoms with van der Waals surface area (Å²) in [5.74, 6) is -28.3. The quantitative estimate of drug-likeness (QED) is 0.245. The van der Waals surface area contributed by atoms with Crippen LogP contribution in [0.4, 0.5) is 52.7 Å². The molecule has 0 unspecified atom stereocenters. The summed E-state index contributed by atoms with van der Waals surface area (Å²) in [6.07, 6.45) is -15.0. The molecule has 29 heavy (non-hydrogen) atoms. The van der Waals surface area contributed by atoms with Crippen LogP contribution in [0.15, 0.2) is 0 Å². The lowest BCUT2D eigenvalue weighted by atomic mass is 9.93. The van der Waals surface area contributed by atoms with Gasteiger partial charge in [-0.3, -0.25) is 0 Å². The van der Waals surface area contributed by atoms with Crippen LogP contribution in [0.1, 0.15) is 65.7 Å². The van der Waals surface area contributed by atoms with Crippen LogP contribution in [0.25, 0.3) is 0 Å². The molecule has 0 aliphatic heterocycles. The third-order valence-electron chi connectivity index (χ3n) is 3.81. The van der Waals surface area contributed by atoms with E-state index >= 15 is 0 Å². The van der Waals surface area contributed by atoms with Gasteiger partial charge in [-0.1, -0.05) is 20.8 Å². The largest absolute Gasteiger partial charge is 0.259 e. The molecule has 0 saturated heterocycles. The van der Waals surface area contributed by atoms with Crippen molar-refractivity contribution in [2.24, 2.45) is 5.92 Å². The first kappa shape index (κ1) is 28.2. The molecule has 0 fully saturated rings. The van der Waals surface area contributed by atoms with Gasteiger partial charge in [0.25, 0.3) is 35.5 Å². The second-order valence-electron chi connectivity index (χ2n) is 7.97. The van der Waals surface area contributed by atoms with Gasteiger partial charge in [0, 0.05) is 12.8 Å². The van der Waals surface area contributed by atoms with E-state index in [0.717, 1.165) is 6.92 Å². The SMILES string of the molecule is CCC(F)(F)CC(F)(F)CC(F)(F)CC(F)(F)CC(F)(F)CC(F)(F)CC(C)C. The van der Waals surface area contributed by atoms with Gasteiger partial charge < -0.3 is 0 Å². The molecule has 0 radical (unpaired) electrons. The third kappa shape index (κ3) is 12.5. The molecule has 0 N–H and O–H groups in total. The van der Waals surface area contributed by atoms with Crippen molar-refractivity contribution in [1.82, 2.24) is 0 Å². The van der Waals surface area contributed by atoms with Gasteiger partial charge in [0.05, 0.1) is 32.1 Å². The summed E-state index contributed by atoms with van der Waals surface area (Å²) in [4.78, 5) is 0. The average molecular weight is 456 g/mol. The first-order valence-corrected chi connectivity index (χ1v) is 8.78. The Bertz CT molecular complexity index is 511. The van der Waals surface area contributed by atoms with Gasteiger partial charge in [0.2, 0.25) is 0 Å². The van der Waals surface area contributed by atoms with Crippen molar-refractivity contribution in [2.45, 2.75) is 101 Å². The van der Waals surface area contributed by atoms with E-state index in [1.807, 2.05) is 0 Å². The first-order chi connectivity index (χ1) is 12.5. The minimum absolute atomic E-state index is 0.755.